The summed E-state index contributed by atoms with van der Waals surface area (Å²) in [5.41, 5.74) is 8.25. The molecule has 2 aromatic heterocycles. The van der Waals surface area contributed by atoms with Gasteiger partial charge < -0.3 is 5.32 Å². The number of nitrogens with zero attached hydrogens (tertiary/aromatic N) is 4. The molecule has 1 aliphatic rings. The summed E-state index contributed by atoms with van der Waals surface area (Å²) in [4.78, 5) is 0. The lowest BCUT2D eigenvalue weighted by molar-refractivity contribution is 0.742. The van der Waals surface area contributed by atoms with E-state index in [0.717, 1.165) is 27.8 Å². The van der Waals surface area contributed by atoms with Crippen molar-refractivity contribution in [3.8, 4) is 22.5 Å². The molecule has 6 rings (SSSR count). The Morgan fingerprint density at radius 1 is 0.853 bits per heavy atom. The molecule has 168 valence electrons. The number of hydrogen-bond acceptors (Lipinski definition) is 5. The van der Waals surface area contributed by atoms with Gasteiger partial charge in [0, 0.05) is 12.1 Å². The zero-order chi connectivity index (χ0) is 22.7. The van der Waals surface area contributed by atoms with Crippen molar-refractivity contribution >= 4 is 22.3 Å². The molecule has 7 heteroatoms. The fourth-order valence-electron chi connectivity index (χ4n) is 4.70. The van der Waals surface area contributed by atoms with E-state index >= 15 is 0 Å². The smallest absolute Gasteiger partial charge is 0.179 e. The highest BCUT2D eigenvalue weighted by Crippen LogP contribution is 2.34. The Bertz CT molecular complexity index is 1450. The second kappa shape index (κ2) is 8.94. The van der Waals surface area contributed by atoms with Crippen molar-refractivity contribution in [2.75, 3.05) is 5.32 Å². The van der Waals surface area contributed by atoms with Gasteiger partial charge in [0.25, 0.3) is 0 Å². The van der Waals surface area contributed by atoms with Gasteiger partial charge in [-0.3, -0.25) is 5.10 Å². The number of allylic oxidation sites excluding steroid dienone is 2. The number of rotatable bonds is 6. The summed E-state index contributed by atoms with van der Waals surface area (Å²) in [5, 5.41) is 26.5. The fraction of sp³-hybridized carbons (Fsp3) is 0.185. The van der Waals surface area contributed by atoms with Gasteiger partial charge in [-0.2, -0.15) is 5.10 Å². The van der Waals surface area contributed by atoms with Gasteiger partial charge in [-0.1, -0.05) is 60.7 Å². The Labute approximate surface area is 197 Å². The second-order valence-corrected chi connectivity index (χ2v) is 8.66. The molecule has 0 unspecified atom stereocenters. The van der Waals surface area contributed by atoms with Crippen LogP contribution in [0.15, 0.2) is 72.8 Å². The van der Waals surface area contributed by atoms with Gasteiger partial charge in [0.15, 0.2) is 11.6 Å². The summed E-state index contributed by atoms with van der Waals surface area (Å²) in [6.07, 6.45) is 7.36. The van der Waals surface area contributed by atoms with Gasteiger partial charge >= 0.3 is 0 Å². The normalized spacial score (nSPS) is 13.7. The molecular formula is C27H25N7. The summed E-state index contributed by atoms with van der Waals surface area (Å²) in [6, 6.07) is 23.4. The number of aromatic amines is 2. The SMILES string of the molecule is C1=C(c2ccc(-c3cccc4[nH]nc(NCc5cccc(-c6nnn[nH]6)c5)c34)cc2)CCCC1. The summed E-state index contributed by atoms with van der Waals surface area (Å²) in [5.74, 6) is 1.50. The minimum Gasteiger partial charge on any atom is -0.364 e. The third kappa shape index (κ3) is 3.96. The molecule has 3 aromatic carbocycles. The first-order valence-corrected chi connectivity index (χ1v) is 11.7. The van der Waals surface area contributed by atoms with Crippen molar-refractivity contribution < 1.29 is 0 Å². The second-order valence-electron chi connectivity index (χ2n) is 8.66. The zero-order valence-electron chi connectivity index (χ0n) is 18.8. The van der Waals surface area contributed by atoms with Crippen LogP contribution < -0.4 is 5.32 Å². The maximum atomic E-state index is 4.58. The molecule has 34 heavy (non-hydrogen) atoms. The fourth-order valence-corrected chi connectivity index (χ4v) is 4.70. The van der Waals surface area contributed by atoms with Crippen molar-refractivity contribution in [2.24, 2.45) is 0 Å². The van der Waals surface area contributed by atoms with Crippen LogP contribution in [0.2, 0.25) is 0 Å². The Hall–Kier alpha value is -4.26. The molecule has 0 amide bonds. The number of nitrogens with one attached hydrogen (secondary N) is 3. The monoisotopic (exact) mass is 447 g/mol. The molecule has 5 aromatic rings. The Kier molecular flexibility index (Phi) is 5.35. The number of anilines is 1. The van der Waals surface area contributed by atoms with Crippen LogP contribution in [0.3, 0.4) is 0 Å². The summed E-state index contributed by atoms with van der Waals surface area (Å²) in [7, 11) is 0. The van der Waals surface area contributed by atoms with Gasteiger partial charge in [-0.25, -0.2) is 5.10 Å². The first kappa shape index (κ1) is 20.4. The Morgan fingerprint density at radius 2 is 1.74 bits per heavy atom. The van der Waals surface area contributed by atoms with E-state index in [1.54, 1.807) is 0 Å². The molecule has 0 bridgehead atoms. The number of aromatic nitrogens is 6. The van der Waals surface area contributed by atoms with E-state index < -0.39 is 0 Å². The van der Waals surface area contributed by atoms with Crippen molar-refractivity contribution in [1.82, 2.24) is 30.8 Å². The van der Waals surface area contributed by atoms with Crippen molar-refractivity contribution in [3.63, 3.8) is 0 Å². The quantitative estimate of drug-likeness (QED) is 0.298. The van der Waals surface area contributed by atoms with E-state index in [-0.39, 0.29) is 0 Å². The molecule has 0 spiro atoms. The first-order chi connectivity index (χ1) is 16.8. The number of hydrogen-bond donors (Lipinski definition) is 3. The van der Waals surface area contributed by atoms with Gasteiger partial charge in [0.05, 0.1) is 10.9 Å². The van der Waals surface area contributed by atoms with Gasteiger partial charge in [-0.15, -0.1) is 5.10 Å². The maximum absolute atomic E-state index is 4.58. The molecule has 3 N–H and O–H groups in total. The highest BCUT2D eigenvalue weighted by atomic mass is 15.5. The molecule has 1 aliphatic carbocycles. The van der Waals surface area contributed by atoms with Crippen LogP contribution in [0.25, 0.3) is 39.0 Å². The molecule has 0 radical (unpaired) electrons. The van der Waals surface area contributed by atoms with Gasteiger partial charge in [-0.05, 0) is 76.1 Å². The highest BCUT2D eigenvalue weighted by molar-refractivity contribution is 6.02. The van der Waals surface area contributed by atoms with E-state index in [0.29, 0.717) is 12.4 Å². The van der Waals surface area contributed by atoms with E-state index in [1.807, 2.05) is 12.1 Å². The van der Waals surface area contributed by atoms with Crippen LogP contribution >= 0.6 is 0 Å². The van der Waals surface area contributed by atoms with Crippen LogP contribution in [-0.4, -0.2) is 30.8 Å². The summed E-state index contributed by atoms with van der Waals surface area (Å²) < 4.78 is 0. The van der Waals surface area contributed by atoms with E-state index in [1.165, 1.54) is 47.9 Å². The molecule has 0 atom stereocenters. The predicted octanol–water partition coefficient (Wildman–Crippen LogP) is 5.98. The number of tetrazole rings is 1. The average Bonchev–Trinajstić information content (AvgIpc) is 3.59. The van der Waals surface area contributed by atoms with Crippen molar-refractivity contribution in [2.45, 2.75) is 32.2 Å². The van der Waals surface area contributed by atoms with Crippen LogP contribution in [0.1, 0.15) is 36.8 Å². The van der Waals surface area contributed by atoms with Crippen LogP contribution in [0, 0.1) is 0 Å². The largest absolute Gasteiger partial charge is 0.364 e. The lowest BCUT2D eigenvalue weighted by atomic mass is 9.92. The van der Waals surface area contributed by atoms with Crippen LogP contribution in [0.5, 0.6) is 0 Å². The lowest BCUT2D eigenvalue weighted by Gasteiger charge is -2.14. The van der Waals surface area contributed by atoms with Crippen LogP contribution in [0.4, 0.5) is 5.82 Å². The van der Waals surface area contributed by atoms with Crippen molar-refractivity contribution in [1.29, 1.82) is 0 Å². The Morgan fingerprint density at radius 3 is 2.56 bits per heavy atom. The molecule has 0 saturated carbocycles. The summed E-state index contributed by atoms with van der Waals surface area (Å²) >= 11 is 0. The molecule has 0 aliphatic heterocycles. The predicted molar refractivity (Wildman–Crippen MR) is 135 cm³/mol. The Balaban J connectivity index is 1.28. The third-order valence-corrected chi connectivity index (χ3v) is 6.45. The zero-order valence-corrected chi connectivity index (χ0v) is 18.8. The molecule has 0 saturated heterocycles. The van der Waals surface area contributed by atoms with Gasteiger partial charge in [0.2, 0.25) is 0 Å². The van der Waals surface area contributed by atoms with Crippen LogP contribution in [-0.2, 0) is 6.54 Å². The first-order valence-electron chi connectivity index (χ1n) is 11.7. The lowest BCUT2D eigenvalue weighted by Crippen LogP contribution is -2.01. The van der Waals surface area contributed by atoms with Crippen molar-refractivity contribution in [3.05, 3.63) is 83.9 Å². The highest BCUT2D eigenvalue weighted by Gasteiger charge is 2.13. The topological polar surface area (TPSA) is 95.2 Å². The van der Waals surface area contributed by atoms with E-state index in [4.69, 9.17) is 0 Å². The average molecular weight is 448 g/mol. The molecule has 0 fully saturated rings. The molecular weight excluding hydrogens is 422 g/mol. The number of fused-ring (bicyclic) bond motifs is 1. The van der Waals surface area contributed by atoms with Gasteiger partial charge in [0.1, 0.15) is 0 Å². The van der Waals surface area contributed by atoms with E-state index in [9.17, 15) is 0 Å². The minimum absolute atomic E-state index is 0.636. The minimum atomic E-state index is 0.636. The number of benzene rings is 3. The van der Waals surface area contributed by atoms with E-state index in [2.05, 4.69) is 96.8 Å². The molecule has 2 heterocycles. The summed E-state index contributed by atoms with van der Waals surface area (Å²) in [6.45, 7) is 0.636. The third-order valence-electron chi connectivity index (χ3n) is 6.45. The number of H-pyrrole nitrogens is 2. The molecule has 7 nitrogen and oxygen atoms in total. The maximum Gasteiger partial charge on any atom is 0.179 e. The standard InChI is InChI=1S/C27H25N7/c1-2-7-19(8-3-1)20-12-14-21(15-13-20)23-10-5-11-24-25(23)27(30-29-24)28-17-18-6-4-9-22(16-18)26-31-33-34-32-26/h4-7,9-16H,1-3,8,17H2,(H2,28,29,30)(H,31,32,33,34).